The number of aryl methyl sites for hydroxylation is 1. The van der Waals surface area contributed by atoms with Crippen LogP contribution in [-0.2, 0) is 11.3 Å². The summed E-state index contributed by atoms with van der Waals surface area (Å²) in [5.74, 6) is -0.831. The Bertz CT molecular complexity index is 296. The van der Waals surface area contributed by atoms with Gasteiger partial charge in [0.1, 0.15) is 0 Å². The second-order valence-electron chi connectivity index (χ2n) is 4.12. The highest BCUT2D eigenvalue weighted by Gasteiger charge is 2.15. The first-order chi connectivity index (χ1) is 7.74. The SMILES string of the molecule is CCCC[C@@H](CCCn1ccnc1)C(=O)O. The van der Waals surface area contributed by atoms with Gasteiger partial charge in [-0.05, 0) is 19.3 Å². The van der Waals surface area contributed by atoms with E-state index in [0.717, 1.165) is 38.6 Å². The van der Waals surface area contributed by atoms with E-state index in [0.29, 0.717) is 0 Å². The zero-order chi connectivity index (χ0) is 11.8. The maximum absolute atomic E-state index is 11.0. The molecule has 16 heavy (non-hydrogen) atoms. The highest BCUT2D eigenvalue weighted by molar-refractivity contribution is 5.69. The van der Waals surface area contributed by atoms with Gasteiger partial charge < -0.3 is 9.67 Å². The Hall–Kier alpha value is -1.32. The highest BCUT2D eigenvalue weighted by Crippen LogP contribution is 2.15. The van der Waals surface area contributed by atoms with Gasteiger partial charge in [0.25, 0.3) is 0 Å². The van der Waals surface area contributed by atoms with Gasteiger partial charge in [0.15, 0.2) is 0 Å². The van der Waals surface area contributed by atoms with Gasteiger partial charge in [-0.25, -0.2) is 4.98 Å². The Balaban J connectivity index is 2.24. The predicted octanol–water partition coefficient (Wildman–Crippen LogP) is 2.55. The fraction of sp³-hybridized carbons (Fsp3) is 0.667. The second kappa shape index (κ2) is 7.04. The molecule has 0 saturated heterocycles. The molecule has 4 nitrogen and oxygen atoms in total. The number of aliphatic carboxylic acids is 1. The minimum Gasteiger partial charge on any atom is -0.481 e. The number of carboxylic acids is 1. The molecule has 1 heterocycles. The van der Waals surface area contributed by atoms with Gasteiger partial charge >= 0.3 is 5.97 Å². The van der Waals surface area contributed by atoms with Crippen molar-refractivity contribution in [3.05, 3.63) is 18.7 Å². The standard InChI is InChI=1S/C12H20N2O2/c1-2-3-5-11(12(15)16)6-4-8-14-9-7-13-10-14/h7,9-11H,2-6,8H2,1H3,(H,15,16)/t11-/m0/s1. The lowest BCUT2D eigenvalue weighted by atomic mass is 9.97. The van der Waals surface area contributed by atoms with Crippen molar-refractivity contribution in [2.45, 2.75) is 45.6 Å². The molecule has 0 saturated carbocycles. The summed E-state index contributed by atoms with van der Waals surface area (Å²) in [6.07, 6.45) is 9.93. The topological polar surface area (TPSA) is 55.1 Å². The van der Waals surface area contributed by atoms with Crippen LogP contribution in [0, 0.1) is 5.92 Å². The summed E-state index contributed by atoms with van der Waals surface area (Å²) < 4.78 is 1.98. The van der Waals surface area contributed by atoms with Gasteiger partial charge in [-0.15, -0.1) is 0 Å². The molecule has 0 aliphatic heterocycles. The van der Waals surface area contributed by atoms with Crippen molar-refractivity contribution in [1.82, 2.24) is 9.55 Å². The number of aromatic nitrogens is 2. The van der Waals surface area contributed by atoms with E-state index in [1.165, 1.54) is 0 Å². The summed E-state index contributed by atoms with van der Waals surface area (Å²) in [4.78, 5) is 14.9. The van der Waals surface area contributed by atoms with E-state index in [2.05, 4.69) is 11.9 Å². The third-order valence-electron chi connectivity index (χ3n) is 2.78. The monoisotopic (exact) mass is 224 g/mol. The van der Waals surface area contributed by atoms with Crippen molar-refractivity contribution in [2.24, 2.45) is 5.92 Å². The van der Waals surface area contributed by atoms with E-state index in [1.807, 2.05) is 10.8 Å². The van der Waals surface area contributed by atoms with Crippen molar-refractivity contribution in [1.29, 1.82) is 0 Å². The van der Waals surface area contributed by atoms with Gasteiger partial charge in [0.2, 0.25) is 0 Å². The first-order valence-electron chi connectivity index (χ1n) is 5.92. The van der Waals surface area contributed by atoms with Gasteiger partial charge in [-0.2, -0.15) is 0 Å². The molecule has 4 heteroatoms. The minimum atomic E-state index is -0.654. The zero-order valence-corrected chi connectivity index (χ0v) is 9.80. The van der Waals surface area contributed by atoms with Gasteiger partial charge in [-0.3, -0.25) is 4.79 Å². The first-order valence-corrected chi connectivity index (χ1v) is 5.92. The normalized spacial score (nSPS) is 12.6. The number of imidazole rings is 1. The van der Waals surface area contributed by atoms with Crippen molar-refractivity contribution >= 4 is 5.97 Å². The lowest BCUT2D eigenvalue weighted by molar-refractivity contribution is -0.142. The van der Waals surface area contributed by atoms with Gasteiger partial charge in [0.05, 0.1) is 12.2 Å². The molecule has 0 fully saturated rings. The van der Waals surface area contributed by atoms with E-state index in [9.17, 15) is 4.79 Å². The molecule has 0 spiro atoms. The van der Waals surface area contributed by atoms with Gasteiger partial charge in [0, 0.05) is 18.9 Å². The molecule has 0 aromatic carbocycles. The van der Waals surface area contributed by atoms with Crippen molar-refractivity contribution in [2.75, 3.05) is 0 Å². The number of carboxylic acid groups (broad SMARTS) is 1. The largest absolute Gasteiger partial charge is 0.481 e. The van der Waals surface area contributed by atoms with Gasteiger partial charge in [-0.1, -0.05) is 19.8 Å². The predicted molar refractivity (Wildman–Crippen MR) is 62.1 cm³/mol. The third-order valence-corrected chi connectivity index (χ3v) is 2.78. The summed E-state index contributed by atoms with van der Waals surface area (Å²) >= 11 is 0. The van der Waals surface area contributed by atoms with Crippen LogP contribution in [0.5, 0.6) is 0 Å². The highest BCUT2D eigenvalue weighted by atomic mass is 16.4. The van der Waals surface area contributed by atoms with Crippen LogP contribution >= 0.6 is 0 Å². The van der Waals surface area contributed by atoms with Crippen LogP contribution in [0.4, 0.5) is 0 Å². The van der Waals surface area contributed by atoms with Crippen LogP contribution in [0.2, 0.25) is 0 Å². The fourth-order valence-corrected chi connectivity index (χ4v) is 1.78. The molecular formula is C12H20N2O2. The number of nitrogens with zero attached hydrogens (tertiary/aromatic N) is 2. The van der Waals surface area contributed by atoms with Crippen LogP contribution < -0.4 is 0 Å². The Morgan fingerprint density at radius 1 is 1.44 bits per heavy atom. The second-order valence-corrected chi connectivity index (χ2v) is 4.12. The molecular weight excluding hydrogens is 204 g/mol. The Kier molecular flexibility index (Phi) is 5.61. The van der Waals surface area contributed by atoms with E-state index in [1.54, 1.807) is 12.5 Å². The summed E-state index contributed by atoms with van der Waals surface area (Å²) in [6.45, 7) is 2.94. The minimum absolute atomic E-state index is 0.177. The van der Waals surface area contributed by atoms with Crippen molar-refractivity contribution in [3.8, 4) is 0 Å². The fourth-order valence-electron chi connectivity index (χ4n) is 1.78. The zero-order valence-electron chi connectivity index (χ0n) is 9.80. The molecule has 0 radical (unpaired) electrons. The molecule has 1 rings (SSSR count). The Morgan fingerprint density at radius 2 is 2.19 bits per heavy atom. The smallest absolute Gasteiger partial charge is 0.306 e. The van der Waals surface area contributed by atoms with Crippen LogP contribution in [0.15, 0.2) is 18.7 Å². The summed E-state index contributed by atoms with van der Waals surface area (Å²) in [6, 6.07) is 0. The Morgan fingerprint density at radius 3 is 2.75 bits per heavy atom. The van der Waals surface area contributed by atoms with E-state index in [4.69, 9.17) is 5.11 Å². The molecule has 1 N–H and O–H groups in total. The molecule has 1 atom stereocenters. The lowest BCUT2D eigenvalue weighted by Crippen LogP contribution is -2.14. The molecule has 1 aromatic heterocycles. The van der Waals surface area contributed by atoms with Crippen LogP contribution in [0.3, 0.4) is 0 Å². The van der Waals surface area contributed by atoms with Crippen LogP contribution in [0.25, 0.3) is 0 Å². The number of hydrogen-bond donors (Lipinski definition) is 1. The first kappa shape index (κ1) is 12.7. The quantitative estimate of drug-likeness (QED) is 0.738. The van der Waals surface area contributed by atoms with E-state index < -0.39 is 5.97 Å². The van der Waals surface area contributed by atoms with Crippen molar-refractivity contribution < 1.29 is 9.90 Å². The average molecular weight is 224 g/mol. The molecule has 0 bridgehead atoms. The van der Waals surface area contributed by atoms with E-state index in [-0.39, 0.29) is 5.92 Å². The van der Waals surface area contributed by atoms with Crippen molar-refractivity contribution in [3.63, 3.8) is 0 Å². The average Bonchev–Trinajstić information content (AvgIpc) is 2.75. The summed E-state index contributed by atoms with van der Waals surface area (Å²) in [7, 11) is 0. The number of carbonyl (C=O) groups is 1. The van der Waals surface area contributed by atoms with Crippen LogP contribution in [0.1, 0.15) is 39.0 Å². The maximum Gasteiger partial charge on any atom is 0.306 e. The van der Waals surface area contributed by atoms with Crippen LogP contribution in [-0.4, -0.2) is 20.6 Å². The maximum atomic E-state index is 11.0. The molecule has 1 aromatic rings. The molecule has 0 amide bonds. The molecule has 0 aliphatic rings. The summed E-state index contributed by atoms with van der Waals surface area (Å²) in [5.41, 5.74) is 0. The number of rotatable bonds is 8. The lowest BCUT2D eigenvalue weighted by Gasteiger charge is -2.11. The molecule has 0 unspecified atom stereocenters. The Labute approximate surface area is 96.3 Å². The third kappa shape index (κ3) is 4.47. The molecule has 90 valence electrons. The van der Waals surface area contributed by atoms with E-state index >= 15 is 0 Å². The summed E-state index contributed by atoms with van der Waals surface area (Å²) in [5, 5.41) is 9.04. The molecule has 0 aliphatic carbocycles. The number of hydrogen-bond acceptors (Lipinski definition) is 2. The number of unbranched alkanes of at least 4 members (excludes halogenated alkanes) is 1.